The largest absolute Gasteiger partial charge is 0.368 e. The predicted molar refractivity (Wildman–Crippen MR) is 79.5 cm³/mol. The quantitative estimate of drug-likeness (QED) is 0.791. The minimum absolute atomic E-state index is 0.840. The van der Waals surface area contributed by atoms with Crippen LogP contribution in [0.1, 0.15) is 12.6 Å². The highest BCUT2D eigenvalue weighted by molar-refractivity contribution is 6.99. The molecule has 3 rings (SSSR count). The third-order valence-corrected chi connectivity index (χ3v) is 3.46. The minimum atomic E-state index is 0.840. The third kappa shape index (κ3) is 2.29. The zero-order valence-corrected chi connectivity index (χ0v) is 11.7. The van der Waals surface area contributed by atoms with Gasteiger partial charge in [-0.2, -0.15) is 8.75 Å². The Morgan fingerprint density at radius 2 is 2.05 bits per heavy atom. The van der Waals surface area contributed by atoms with Crippen molar-refractivity contribution >= 4 is 28.4 Å². The number of pyridine rings is 1. The zero-order valence-electron chi connectivity index (χ0n) is 10.8. The average molecular weight is 270 g/mol. The van der Waals surface area contributed by atoms with Crippen LogP contribution in [0.15, 0.2) is 30.3 Å². The summed E-state index contributed by atoms with van der Waals surface area (Å²) >= 11 is 1.23. The summed E-state index contributed by atoms with van der Waals surface area (Å²) in [6.45, 7) is 4.89. The van der Waals surface area contributed by atoms with E-state index in [1.54, 1.807) is 0 Å². The van der Waals surface area contributed by atoms with E-state index in [4.69, 9.17) is 0 Å². The number of anilines is 1. The van der Waals surface area contributed by atoms with Crippen molar-refractivity contribution in [3.63, 3.8) is 0 Å². The molecule has 0 aliphatic carbocycles. The molecule has 4 nitrogen and oxygen atoms in total. The second-order valence-electron chi connectivity index (χ2n) is 4.35. The molecule has 96 valence electrons. The summed E-state index contributed by atoms with van der Waals surface area (Å²) in [6.07, 6.45) is 0. The van der Waals surface area contributed by atoms with Crippen LogP contribution in [0.4, 0.5) is 5.82 Å². The fourth-order valence-corrected chi connectivity index (χ4v) is 2.58. The molecule has 0 saturated carbocycles. The predicted octanol–water partition coefficient (Wildman–Crippen LogP) is 3.49. The van der Waals surface area contributed by atoms with E-state index < -0.39 is 0 Å². The molecular weight excluding hydrogens is 256 g/mol. The van der Waals surface area contributed by atoms with E-state index in [-0.39, 0.29) is 0 Å². The molecule has 2 aromatic heterocycles. The van der Waals surface area contributed by atoms with Crippen LogP contribution in [-0.4, -0.2) is 20.3 Å². The van der Waals surface area contributed by atoms with Gasteiger partial charge in [0.2, 0.25) is 0 Å². The van der Waals surface area contributed by atoms with Crippen molar-refractivity contribution < 1.29 is 0 Å². The Labute approximate surface area is 115 Å². The van der Waals surface area contributed by atoms with Crippen LogP contribution < -0.4 is 5.32 Å². The lowest BCUT2D eigenvalue weighted by Crippen LogP contribution is -1.98. The van der Waals surface area contributed by atoms with E-state index in [1.807, 2.05) is 25.1 Å². The van der Waals surface area contributed by atoms with Crippen molar-refractivity contribution in [1.29, 1.82) is 0 Å². The molecule has 5 heteroatoms. The van der Waals surface area contributed by atoms with Gasteiger partial charge in [-0.05, 0) is 32.0 Å². The second-order valence-corrected chi connectivity index (χ2v) is 4.88. The molecule has 0 spiro atoms. The first kappa shape index (κ1) is 12.0. The molecule has 2 heterocycles. The number of benzene rings is 1. The summed E-state index contributed by atoms with van der Waals surface area (Å²) in [5.74, 6) is 0.854. The Morgan fingerprint density at radius 3 is 2.89 bits per heavy atom. The number of rotatable bonds is 3. The molecule has 1 aromatic carbocycles. The summed E-state index contributed by atoms with van der Waals surface area (Å²) in [6, 6.07) is 10.3. The van der Waals surface area contributed by atoms with Gasteiger partial charge in [-0.3, -0.25) is 4.98 Å². The molecule has 0 bridgehead atoms. The fourth-order valence-electron chi connectivity index (χ4n) is 2.04. The molecule has 0 aliphatic heterocycles. The van der Waals surface area contributed by atoms with Gasteiger partial charge < -0.3 is 5.32 Å². The van der Waals surface area contributed by atoms with E-state index >= 15 is 0 Å². The van der Waals surface area contributed by atoms with Crippen molar-refractivity contribution in [3.05, 3.63) is 36.0 Å². The SMILES string of the molecule is CCNc1nsnc1-c1ccc2nc(C)ccc2c1. The Kier molecular flexibility index (Phi) is 3.13. The third-order valence-electron chi connectivity index (χ3n) is 2.93. The molecule has 0 atom stereocenters. The normalized spacial score (nSPS) is 10.8. The molecule has 0 aliphatic rings. The van der Waals surface area contributed by atoms with Gasteiger partial charge in [-0.25, -0.2) is 0 Å². The molecule has 19 heavy (non-hydrogen) atoms. The van der Waals surface area contributed by atoms with Crippen molar-refractivity contribution in [3.8, 4) is 11.3 Å². The maximum Gasteiger partial charge on any atom is 0.168 e. The Hall–Kier alpha value is -2.01. The number of hydrogen-bond acceptors (Lipinski definition) is 5. The molecule has 3 aromatic rings. The number of hydrogen-bond donors (Lipinski definition) is 1. The van der Waals surface area contributed by atoms with Crippen molar-refractivity contribution in [2.45, 2.75) is 13.8 Å². The summed E-state index contributed by atoms with van der Waals surface area (Å²) in [5.41, 5.74) is 4.03. The van der Waals surface area contributed by atoms with E-state index in [0.29, 0.717) is 0 Å². The fraction of sp³-hybridized carbons (Fsp3) is 0.214. The van der Waals surface area contributed by atoms with Crippen LogP contribution >= 0.6 is 11.7 Å². The average Bonchev–Trinajstić information content (AvgIpc) is 2.87. The Balaban J connectivity index is 2.10. The van der Waals surface area contributed by atoms with Gasteiger partial charge in [0.15, 0.2) is 5.82 Å². The van der Waals surface area contributed by atoms with E-state index in [1.165, 1.54) is 11.7 Å². The summed E-state index contributed by atoms with van der Waals surface area (Å²) < 4.78 is 8.66. The lowest BCUT2D eigenvalue weighted by Gasteiger charge is -2.04. The standard InChI is InChI=1S/C14H14N4S/c1-3-15-14-13(17-19-18-14)11-6-7-12-10(8-11)5-4-9(2)16-12/h4-8H,3H2,1-2H3,(H,15,18). The molecule has 0 radical (unpaired) electrons. The molecule has 0 unspecified atom stereocenters. The van der Waals surface area contributed by atoms with E-state index in [2.05, 4.69) is 38.1 Å². The van der Waals surface area contributed by atoms with E-state index in [9.17, 15) is 0 Å². The number of aryl methyl sites for hydroxylation is 1. The van der Waals surface area contributed by atoms with Gasteiger partial charge in [0.05, 0.1) is 17.2 Å². The summed E-state index contributed by atoms with van der Waals surface area (Å²) in [4.78, 5) is 4.51. The maximum atomic E-state index is 4.51. The topological polar surface area (TPSA) is 50.7 Å². The number of nitrogens with zero attached hydrogens (tertiary/aromatic N) is 3. The zero-order chi connectivity index (χ0) is 13.2. The van der Waals surface area contributed by atoms with Crippen LogP contribution in [0, 0.1) is 6.92 Å². The van der Waals surface area contributed by atoms with Crippen molar-refractivity contribution in [1.82, 2.24) is 13.7 Å². The van der Waals surface area contributed by atoms with Crippen molar-refractivity contribution in [2.75, 3.05) is 11.9 Å². The lowest BCUT2D eigenvalue weighted by atomic mass is 10.1. The number of nitrogens with one attached hydrogen (secondary N) is 1. The van der Waals surface area contributed by atoms with Crippen LogP contribution in [-0.2, 0) is 0 Å². The first-order valence-corrected chi connectivity index (χ1v) is 6.95. The smallest absolute Gasteiger partial charge is 0.168 e. The Morgan fingerprint density at radius 1 is 1.16 bits per heavy atom. The summed E-state index contributed by atoms with van der Waals surface area (Å²) in [5, 5.41) is 4.36. The van der Waals surface area contributed by atoms with Gasteiger partial charge in [0, 0.05) is 23.2 Å². The highest BCUT2D eigenvalue weighted by Gasteiger charge is 2.10. The lowest BCUT2D eigenvalue weighted by molar-refractivity contribution is 1.19. The highest BCUT2D eigenvalue weighted by atomic mass is 32.1. The molecular formula is C14H14N4S. The van der Waals surface area contributed by atoms with Crippen molar-refractivity contribution in [2.24, 2.45) is 0 Å². The maximum absolute atomic E-state index is 4.51. The van der Waals surface area contributed by atoms with Gasteiger partial charge in [0.25, 0.3) is 0 Å². The number of fused-ring (bicyclic) bond motifs is 1. The van der Waals surface area contributed by atoms with Gasteiger partial charge in [-0.1, -0.05) is 12.1 Å². The Bertz CT molecular complexity index is 720. The van der Waals surface area contributed by atoms with Crippen LogP contribution in [0.2, 0.25) is 0 Å². The van der Waals surface area contributed by atoms with E-state index in [0.717, 1.165) is 40.2 Å². The molecule has 0 saturated heterocycles. The second kappa shape index (κ2) is 4.93. The first-order valence-electron chi connectivity index (χ1n) is 6.22. The van der Waals surface area contributed by atoms with Gasteiger partial charge in [-0.15, -0.1) is 0 Å². The van der Waals surface area contributed by atoms with Crippen LogP contribution in [0.25, 0.3) is 22.2 Å². The monoisotopic (exact) mass is 270 g/mol. The summed E-state index contributed by atoms with van der Waals surface area (Å²) in [7, 11) is 0. The first-order chi connectivity index (χ1) is 9.28. The molecule has 0 amide bonds. The number of aromatic nitrogens is 3. The highest BCUT2D eigenvalue weighted by Crippen LogP contribution is 2.28. The molecule has 1 N–H and O–H groups in total. The minimum Gasteiger partial charge on any atom is -0.368 e. The molecule has 0 fully saturated rings. The van der Waals surface area contributed by atoms with Gasteiger partial charge >= 0.3 is 0 Å². The van der Waals surface area contributed by atoms with Gasteiger partial charge in [0.1, 0.15) is 5.69 Å². The van der Waals surface area contributed by atoms with Crippen LogP contribution in [0.5, 0.6) is 0 Å². The van der Waals surface area contributed by atoms with Crippen LogP contribution in [0.3, 0.4) is 0 Å².